The summed E-state index contributed by atoms with van der Waals surface area (Å²) in [6.07, 6.45) is 8.01. The van der Waals surface area contributed by atoms with Gasteiger partial charge in [0.05, 0.1) is 26.2 Å². The van der Waals surface area contributed by atoms with Crippen LogP contribution in [0.1, 0.15) is 38.5 Å². The Bertz CT molecular complexity index is 189. The van der Waals surface area contributed by atoms with Crippen LogP contribution in [0.5, 0.6) is 0 Å². The summed E-state index contributed by atoms with van der Waals surface area (Å²) in [7, 11) is 2.44. The summed E-state index contributed by atoms with van der Waals surface area (Å²) >= 11 is 0. The summed E-state index contributed by atoms with van der Waals surface area (Å²) in [5, 5.41) is 9.09. The van der Waals surface area contributed by atoms with Crippen molar-refractivity contribution in [3.63, 3.8) is 0 Å². The molecule has 0 aromatic rings. The van der Waals surface area contributed by atoms with E-state index in [0.29, 0.717) is 6.61 Å². The fourth-order valence-corrected chi connectivity index (χ4v) is 3.74. The maximum Gasteiger partial charge on any atom is 0.0917 e. The molecule has 0 amide bonds. The zero-order valence-electron chi connectivity index (χ0n) is 9.41. The zero-order valence-corrected chi connectivity index (χ0v) is 9.41. The molecule has 2 saturated heterocycles. The highest BCUT2D eigenvalue weighted by Crippen LogP contribution is 2.37. The third kappa shape index (κ3) is 1.82. The average Bonchev–Trinajstić information content (AvgIpc) is 2.18. The van der Waals surface area contributed by atoms with E-state index in [1.54, 1.807) is 0 Å². The van der Waals surface area contributed by atoms with Gasteiger partial charge in [-0.25, -0.2) is 0 Å². The number of hydrogen-bond acceptors (Lipinski definition) is 1. The SMILES string of the molecule is C[N@+]12CCCC[C@@H]1[C@H](CCO)CCC2. The van der Waals surface area contributed by atoms with Crippen LogP contribution in [0.2, 0.25) is 0 Å². The molecule has 0 aromatic heterocycles. The molecule has 2 nitrogen and oxygen atoms in total. The molecule has 0 aromatic carbocycles. The van der Waals surface area contributed by atoms with Crippen LogP contribution in [0.15, 0.2) is 0 Å². The molecule has 2 heteroatoms. The molecule has 0 radical (unpaired) electrons. The van der Waals surface area contributed by atoms with Crippen LogP contribution in [0, 0.1) is 5.92 Å². The number of aliphatic hydroxyl groups excluding tert-OH is 1. The van der Waals surface area contributed by atoms with Crippen LogP contribution >= 0.6 is 0 Å². The maximum absolute atomic E-state index is 9.09. The Morgan fingerprint density at radius 1 is 1.14 bits per heavy atom. The number of fused-ring (bicyclic) bond motifs is 1. The van der Waals surface area contributed by atoms with Crippen LogP contribution in [0.25, 0.3) is 0 Å². The summed E-state index contributed by atoms with van der Waals surface area (Å²) in [6, 6.07) is 0.865. The van der Waals surface area contributed by atoms with E-state index < -0.39 is 0 Å². The topological polar surface area (TPSA) is 20.2 Å². The highest BCUT2D eigenvalue weighted by atomic mass is 16.3. The zero-order chi connectivity index (χ0) is 10.0. The van der Waals surface area contributed by atoms with E-state index >= 15 is 0 Å². The normalized spacial score (nSPS) is 43.3. The molecule has 1 N–H and O–H groups in total. The Hall–Kier alpha value is -0.0800. The summed E-state index contributed by atoms with van der Waals surface area (Å²) < 4.78 is 1.31. The highest BCUT2D eigenvalue weighted by Gasteiger charge is 2.42. The molecule has 3 atom stereocenters. The molecule has 0 unspecified atom stereocenters. The van der Waals surface area contributed by atoms with Crippen molar-refractivity contribution in [3.05, 3.63) is 0 Å². The van der Waals surface area contributed by atoms with E-state index in [2.05, 4.69) is 7.05 Å². The lowest BCUT2D eigenvalue weighted by Gasteiger charge is -2.51. The van der Waals surface area contributed by atoms with Crippen LogP contribution in [0.3, 0.4) is 0 Å². The quantitative estimate of drug-likeness (QED) is 0.671. The molecular formula is C12H24NO+. The number of aliphatic hydroxyl groups is 1. The highest BCUT2D eigenvalue weighted by molar-refractivity contribution is 4.78. The summed E-state index contributed by atoms with van der Waals surface area (Å²) in [5.41, 5.74) is 0. The van der Waals surface area contributed by atoms with Crippen LogP contribution in [-0.4, -0.2) is 42.4 Å². The number of hydrogen-bond donors (Lipinski definition) is 1. The van der Waals surface area contributed by atoms with Gasteiger partial charge >= 0.3 is 0 Å². The van der Waals surface area contributed by atoms with Gasteiger partial charge in [-0.15, -0.1) is 0 Å². The fourth-order valence-electron chi connectivity index (χ4n) is 3.74. The van der Waals surface area contributed by atoms with Gasteiger partial charge in [-0.3, -0.25) is 0 Å². The van der Waals surface area contributed by atoms with E-state index in [1.807, 2.05) is 0 Å². The van der Waals surface area contributed by atoms with Crippen molar-refractivity contribution in [2.75, 3.05) is 26.7 Å². The van der Waals surface area contributed by atoms with Crippen molar-refractivity contribution in [2.45, 2.75) is 44.6 Å². The minimum absolute atomic E-state index is 0.390. The van der Waals surface area contributed by atoms with Gasteiger partial charge < -0.3 is 9.59 Å². The summed E-state index contributed by atoms with van der Waals surface area (Å²) in [4.78, 5) is 0. The lowest BCUT2D eigenvalue weighted by atomic mass is 9.80. The second kappa shape index (κ2) is 4.19. The van der Waals surface area contributed by atoms with E-state index in [9.17, 15) is 0 Å². The maximum atomic E-state index is 9.09. The van der Waals surface area contributed by atoms with Crippen molar-refractivity contribution in [1.29, 1.82) is 0 Å². The van der Waals surface area contributed by atoms with Gasteiger partial charge in [-0.05, 0) is 38.5 Å². The predicted octanol–water partition coefficient (Wildman–Crippen LogP) is 1.78. The van der Waals surface area contributed by atoms with Crippen molar-refractivity contribution in [1.82, 2.24) is 0 Å². The molecule has 0 bridgehead atoms. The van der Waals surface area contributed by atoms with Crippen LogP contribution in [-0.2, 0) is 0 Å². The van der Waals surface area contributed by atoms with Gasteiger partial charge in [0.25, 0.3) is 0 Å². The van der Waals surface area contributed by atoms with Crippen molar-refractivity contribution in [3.8, 4) is 0 Å². The standard InChI is InChI=1S/C12H24NO/c1-13-8-3-2-6-12(13)11(7-10-14)5-4-9-13/h11-12,14H,2-10H2,1H3/q+1/t11-,12+,13+/m0/s1. The van der Waals surface area contributed by atoms with Gasteiger partial charge in [-0.2, -0.15) is 0 Å². The molecule has 82 valence electrons. The lowest BCUT2D eigenvalue weighted by molar-refractivity contribution is -0.947. The monoisotopic (exact) mass is 198 g/mol. The Morgan fingerprint density at radius 3 is 2.71 bits per heavy atom. The van der Waals surface area contributed by atoms with Gasteiger partial charge in [0.1, 0.15) is 0 Å². The molecule has 14 heavy (non-hydrogen) atoms. The fraction of sp³-hybridized carbons (Fsp3) is 1.00. The van der Waals surface area contributed by atoms with Gasteiger partial charge in [-0.1, -0.05) is 0 Å². The number of rotatable bonds is 2. The van der Waals surface area contributed by atoms with Crippen molar-refractivity contribution < 1.29 is 9.59 Å². The second-order valence-electron chi connectivity index (χ2n) is 5.40. The molecule has 0 aliphatic carbocycles. The Balaban J connectivity index is 2.06. The second-order valence-corrected chi connectivity index (χ2v) is 5.40. The first-order valence-corrected chi connectivity index (χ1v) is 6.21. The largest absolute Gasteiger partial charge is 0.396 e. The van der Waals surface area contributed by atoms with Crippen LogP contribution in [0.4, 0.5) is 0 Å². The Morgan fingerprint density at radius 2 is 1.93 bits per heavy atom. The summed E-state index contributed by atoms with van der Waals surface area (Å²) in [6.45, 7) is 3.15. The number of piperidine rings is 2. The van der Waals surface area contributed by atoms with Crippen molar-refractivity contribution in [2.24, 2.45) is 5.92 Å². The van der Waals surface area contributed by atoms with Gasteiger partial charge in [0, 0.05) is 12.5 Å². The first-order chi connectivity index (χ1) is 6.76. The molecular weight excluding hydrogens is 174 g/mol. The molecule has 2 fully saturated rings. The van der Waals surface area contributed by atoms with Crippen LogP contribution < -0.4 is 0 Å². The smallest absolute Gasteiger partial charge is 0.0917 e. The lowest BCUT2D eigenvalue weighted by Crippen LogP contribution is -2.60. The minimum Gasteiger partial charge on any atom is -0.396 e. The Kier molecular flexibility index (Phi) is 3.13. The number of quaternary nitrogens is 1. The van der Waals surface area contributed by atoms with E-state index in [4.69, 9.17) is 5.11 Å². The minimum atomic E-state index is 0.390. The molecule has 2 aliphatic rings. The first kappa shape index (κ1) is 10.4. The number of nitrogens with zero attached hydrogens (tertiary/aromatic N) is 1. The average molecular weight is 198 g/mol. The summed E-state index contributed by atoms with van der Waals surface area (Å²) in [5.74, 6) is 0.805. The molecule has 2 rings (SSSR count). The van der Waals surface area contributed by atoms with E-state index in [0.717, 1.165) is 18.4 Å². The third-order valence-electron chi connectivity index (χ3n) is 4.51. The van der Waals surface area contributed by atoms with E-state index in [1.165, 1.54) is 49.7 Å². The predicted molar refractivity (Wildman–Crippen MR) is 58.0 cm³/mol. The first-order valence-electron chi connectivity index (χ1n) is 6.21. The molecule has 0 spiro atoms. The molecule has 2 aliphatic heterocycles. The van der Waals surface area contributed by atoms with E-state index in [-0.39, 0.29) is 0 Å². The van der Waals surface area contributed by atoms with Gasteiger partial charge in [0.2, 0.25) is 0 Å². The third-order valence-corrected chi connectivity index (χ3v) is 4.51. The Labute approximate surface area is 87.5 Å². The molecule has 0 saturated carbocycles. The molecule has 2 heterocycles. The van der Waals surface area contributed by atoms with Gasteiger partial charge in [0.15, 0.2) is 0 Å². The van der Waals surface area contributed by atoms with Crippen molar-refractivity contribution >= 4 is 0 Å².